The molecule has 2 rings (SSSR count). The third-order valence-corrected chi connectivity index (χ3v) is 4.66. The van der Waals surface area contributed by atoms with Crippen LogP contribution >= 0.6 is 0 Å². The molecule has 23 heavy (non-hydrogen) atoms. The van der Waals surface area contributed by atoms with Crippen LogP contribution in [0.1, 0.15) is 56.8 Å². The number of carbonyl (C=O) groups excluding carboxylic acids is 1. The molecular weight excluding hydrogens is 290 g/mol. The Hall–Kier alpha value is -1.71. The number of amides is 1. The molecule has 0 aliphatic heterocycles. The van der Waals surface area contributed by atoms with E-state index in [0.29, 0.717) is 29.0 Å². The summed E-state index contributed by atoms with van der Waals surface area (Å²) in [5, 5.41) is 0. The number of ether oxygens (including phenoxy) is 2. The van der Waals surface area contributed by atoms with Crippen molar-refractivity contribution in [2.24, 2.45) is 5.92 Å². The van der Waals surface area contributed by atoms with Crippen LogP contribution in [-0.2, 0) is 0 Å². The summed E-state index contributed by atoms with van der Waals surface area (Å²) in [4.78, 5) is 14.7. The van der Waals surface area contributed by atoms with Crippen LogP contribution in [0, 0.1) is 5.92 Å². The van der Waals surface area contributed by atoms with E-state index in [2.05, 4.69) is 6.92 Å². The Labute approximate surface area is 139 Å². The normalized spacial score (nSPS) is 21.1. The molecule has 1 fully saturated rings. The van der Waals surface area contributed by atoms with Gasteiger partial charge in [0, 0.05) is 18.7 Å². The highest BCUT2D eigenvalue weighted by Crippen LogP contribution is 2.31. The summed E-state index contributed by atoms with van der Waals surface area (Å²) in [6, 6.07) is 5.76. The third-order valence-electron chi connectivity index (χ3n) is 4.66. The van der Waals surface area contributed by atoms with Crippen molar-refractivity contribution in [3.05, 3.63) is 23.8 Å². The average molecular weight is 319 g/mol. The monoisotopic (exact) mass is 319 g/mol. The second kappa shape index (κ2) is 7.71. The number of benzene rings is 1. The van der Waals surface area contributed by atoms with Crippen LogP contribution in [0.25, 0.3) is 0 Å². The lowest BCUT2D eigenvalue weighted by atomic mass is 9.85. The van der Waals surface area contributed by atoms with Gasteiger partial charge in [-0.25, -0.2) is 0 Å². The molecule has 128 valence electrons. The van der Waals surface area contributed by atoms with E-state index >= 15 is 0 Å². The van der Waals surface area contributed by atoms with E-state index in [1.807, 2.05) is 37.9 Å². The molecule has 0 radical (unpaired) electrons. The minimum absolute atomic E-state index is 0.0538. The van der Waals surface area contributed by atoms with Crippen molar-refractivity contribution >= 4 is 5.91 Å². The summed E-state index contributed by atoms with van der Waals surface area (Å²) in [7, 11) is 3.52. The first-order valence-electron chi connectivity index (χ1n) is 8.56. The molecule has 1 aliphatic carbocycles. The zero-order valence-corrected chi connectivity index (χ0v) is 15.0. The molecule has 4 heteroatoms. The van der Waals surface area contributed by atoms with E-state index in [1.54, 1.807) is 13.2 Å². The highest BCUT2D eigenvalue weighted by Gasteiger charge is 2.28. The van der Waals surface area contributed by atoms with Gasteiger partial charge in [-0.2, -0.15) is 0 Å². The lowest BCUT2D eigenvalue weighted by Crippen LogP contribution is -2.42. The van der Waals surface area contributed by atoms with Gasteiger partial charge < -0.3 is 14.4 Å². The molecule has 0 saturated heterocycles. The van der Waals surface area contributed by atoms with Crippen molar-refractivity contribution in [3.8, 4) is 11.5 Å². The van der Waals surface area contributed by atoms with Crippen molar-refractivity contribution < 1.29 is 14.3 Å². The predicted octanol–water partition coefficient (Wildman–Crippen LogP) is 4.13. The Kier molecular flexibility index (Phi) is 5.91. The quantitative estimate of drug-likeness (QED) is 0.819. The fourth-order valence-corrected chi connectivity index (χ4v) is 3.38. The maximum atomic E-state index is 12.8. The average Bonchev–Trinajstić information content (AvgIpc) is 2.54. The van der Waals surface area contributed by atoms with Gasteiger partial charge >= 0.3 is 0 Å². The van der Waals surface area contributed by atoms with Crippen LogP contribution in [0.3, 0.4) is 0 Å². The molecule has 2 atom stereocenters. The molecule has 1 aromatic rings. The van der Waals surface area contributed by atoms with E-state index in [4.69, 9.17) is 9.47 Å². The van der Waals surface area contributed by atoms with Crippen molar-refractivity contribution in [2.45, 2.75) is 58.6 Å². The standard InChI is InChI=1S/C19H29NO3/c1-13(2)23-17-11-10-15(12-18(17)22-5)19(21)20(4)16-9-7-6-8-14(16)3/h10-14,16H,6-9H2,1-5H3. The number of hydrogen-bond donors (Lipinski definition) is 0. The summed E-state index contributed by atoms with van der Waals surface area (Å²) in [6.45, 7) is 6.18. The first kappa shape index (κ1) is 17.6. The van der Waals surface area contributed by atoms with Crippen molar-refractivity contribution in [1.82, 2.24) is 4.90 Å². The van der Waals surface area contributed by atoms with E-state index in [0.717, 1.165) is 6.42 Å². The smallest absolute Gasteiger partial charge is 0.253 e. The minimum atomic E-state index is 0.0538. The first-order chi connectivity index (χ1) is 10.9. The summed E-state index contributed by atoms with van der Waals surface area (Å²) in [5.74, 6) is 1.89. The Morgan fingerprint density at radius 1 is 1.22 bits per heavy atom. The molecule has 0 N–H and O–H groups in total. The minimum Gasteiger partial charge on any atom is -0.493 e. The molecule has 4 nitrogen and oxygen atoms in total. The second-order valence-corrected chi connectivity index (χ2v) is 6.78. The molecule has 0 aromatic heterocycles. The fourth-order valence-electron chi connectivity index (χ4n) is 3.38. The van der Waals surface area contributed by atoms with E-state index in [9.17, 15) is 4.79 Å². The Balaban J connectivity index is 2.18. The highest BCUT2D eigenvalue weighted by molar-refractivity contribution is 5.95. The van der Waals surface area contributed by atoms with Gasteiger partial charge in [0.25, 0.3) is 5.91 Å². The van der Waals surface area contributed by atoms with Gasteiger partial charge in [-0.1, -0.05) is 19.8 Å². The zero-order valence-electron chi connectivity index (χ0n) is 15.0. The number of nitrogens with zero attached hydrogens (tertiary/aromatic N) is 1. The number of methoxy groups -OCH3 is 1. The molecule has 2 unspecified atom stereocenters. The van der Waals surface area contributed by atoms with Crippen LogP contribution < -0.4 is 9.47 Å². The van der Waals surface area contributed by atoms with Gasteiger partial charge in [-0.3, -0.25) is 4.79 Å². The Bertz CT molecular complexity index is 541. The maximum absolute atomic E-state index is 12.8. The van der Waals surface area contributed by atoms with Crippen LogP contribution in [-0.4, -0.2) is 37.1 Å². The Morgan fingerprint density at radius 2 is 1.91 bits per heavy atom. The van der Waals surface area contributed by atoms with Crippen molar-refractivity contribution in [3.63, 3.8) is 0 Å². The summed E-state index contributed by atoms with van der Waals surface area (Å²) in [6.07, 6.45) is 4.84. The van der Waals surface area contributed by atoms with Gasteiger partial charge in [0.05, 0.1) is 13.2 Å². The molecule has 0 heterocycles. The van der Waals surface area contributed by atoms with E-state index in [-0.39, 0.29) is 12.0 Å². The third kappa shape index (κ3) is 4.18. The molecule has 0 bridgehead atoms. The van der Waals surface area contributed by atoms with Gasteiger partial charge in [0.1, 0.15) is 0 Å². The second-order valence-electron chi connectivity index (χ2n) is 6.78. The largest absolute Gasteiger partial charge is 0.493 e. The topological polar surface area (TPSA) is 38.8 Å². The van der Waals surface area contributed by atoms with Crippen LogP contribution in [0.5, 0.6) is 11.5 Å². The van der Waals surface area contributed by atoms with Gasteiger partial charge in [-0.05, 0) is 50.8 Å². The predicted molar refractivity (Wildman–Crippen MR) is 92.3 cm³/mol. The lowest BCUT2D eigenvalue weighted by Gasteiger charge is -2.36. The van der Waals surface area contributed by atoms with Gasteiger partial charge in [0.2, 0.25) is 0 Å². The molecule has 1 saturated carbocycles. The van der Waals surface area contributed by atoms with Crippen LogP contribution in [0.15, 0.2) is 18.2 Å². The molecule has 0 spiro atoms. The lowest BCUT2D eigenvalue weighted by molar-refractivity contribution is 0.0628. The zero-order chi connectivity index (χ0) is 17.0. The van der Waals surface area contributed by atoms with Gasteiger partial charge in [0.15, 0.2) is 11.5 Å². The van der Waals surface area contributed by atoms with Gasteiger partial charge in [-0.15, -0.1) is 0 Å². The number of carbonyl (C=O) groups is 1. The number of rotatable bonds is 5. The van der Waals surface area contributed by atoms with Crippen LogP contribution in [0.2, 0.25) is 0 Å². The molecule has 1 amide bonds. The molecule has 1 aromatic carbocycles. The fraction of sp³-hybridized carbons (Fsp3) is 0.632. The Morgan fingerprint density at radius 3 is 2.52 bits per heavy atom. The first-order valence-corrected chi connectivity index (χ1v) is 8.56. The van der Waals surface area contributed by atoms with E-state index in [1.165, 1.54) is 19.3 Å². The van der Waals surface area contributed by atoms with Crippen molar-refractivity contribution in [1.29, 1.82) is 0 Å². The van der Waals surface area contributed by atoms with Crippen LogP contribution in [0.4, 0.5) is 0 Å². The van der Waals surface area contributed by atoms with E-state index < -0.39 is 0 Å². The maximum Gasteiger partial charge on any atom is 0.253 e. The molecule has 1 aliphatic rings. The number of hydrogen-bond acceptors (Lipinski definition) is 3. The summed E-state index contributed by atoms with van der Waals surface area (Å²) < 4.78 is 11.1. The SMILES string of the molecule is COc1cc(C(=O)N(C)C2CCCCC2C)ccc1OC(C)C. The molecular formula is C19H29NO3. The summed E-state index contributed by atoms with van der Waals surface area (Å²) >= 11 is 0. The highest BCUT2D eigenvalue weighted by atomic mass is 16.5. The summed E-state index contributed by atoms with van der Waals surface area (Å²) in [5.41, 5.74) is 0.651. The van der Waals surface area contributed by atoms with Crippen molar-refractivity contribution in [2.75, 3.05) is 14.2 Å².